The first-order chi connectivity index (χ1) is 6.25. The van der Waals surface area contributed by atoms with Crippen molar-refractivity contribution in [2.75, 3.05) is 12.0 Å². The smallest absolute Gasteiger partial charge is 0.194 e. The van der Waals surface area contributed by atoms with Crippen LogP contribution in [0.1, 0.15) is 25.5 Å². The summed E-state index contributed by atoms with van der Waals surface area (Å²) in [4.78, 5) is 0. The van der Waals surface area contributed by atoms with Gasteiger partial charge in [0.1, 0.15) is 0 Å². The molecule has 0 spiro atoms. The molecule has 0 aliphatic rings. The van der Waals surface area contributed by atoms with Gasteiger partial charge in [-0.1, -0.05) is 13.8 Å². The van der Waals surface area contributed by atoms with Crippen LogP contribution >= 0.6 is 0 Å². The standard InChI is InChI=1S/C8H15N3O2S/c1-5(2)7-6(9)8(11(3)10-7)14(4,12)13/h5H,9H2,1-4H3. The molecule has 0 saturated heterocycles. The largest absolute Gasteiger partial charge is 0.395 e. The number of hydrogen-bond donors (Lipinski definition) is 1. The quantitative estimate of drug-likeness (QED) is 0.783. The van der Waals surface area contributed by atoms with Crippen molar-refractivity contribution in [3.8, 4) is 0 Å². The van der Waals surface area contributed by atoms with Crippen LogP contribution in [0.5, 0.6) is 0 Å². The summed E-state index contributed by atoms with van der Waals surface area (Å²) < 4.78 is 24.1. The number of anilines is 1. The third-order valence-electron chi connectivity index (χ3n) is 1.96. The molecule has 1 rings (SSSR count). The second kappa shape index (κ2) is 3.27. The summed E-state index contributed by atoms with van der Waals surface area (Å²) in [7, 11) is -1.72. The van der Waals surface area contributed by atoms with E-state index in [0.29, 0.717) is 5.69 Å². The van der Waals surface area contributed by atoms with Gasteiger partial charge in [0.2, 0.25) is 0 Å². The summed E-state index contributed by atoms with van der Waals surface area (Å²) in [6.07, 6.45) is 1.13. The second-order valence-corrected chi connectivity index (χ2v) is 5.59. The lowest BCUT2D eigenvalue weighted by molar-refractivity contribution is 0.581. The fourth-order valence-electron chi connectivity index (χ4n) is 1.41. The predicted octanol–water partition coefficient (Wildman–Crippen LogP) is 0.529. The average molecular weight is 217 g/mol. The molecule has 0 bridgehead atoms. The molecule has 0 saturated carbocycles. The maximum Gasteiger partial charge on any atom is 0.194 e. The monoisotopic (exact) mass is 217 g/mol. The molecule has 0 aliphatic heterocycles. The molecule has 0 aromatic carbocycles. The summed E-state index contributed by atoms with van der Waals surface area (Å²) in [6.45, 7) is 3.84. The van der Waals surface area contributed by atoms with Crippen molar-refractivity contribution in [1.82, 2.24) is 9.78 Å². The van der Waals surface area contributed by atoms with Gasteiger partial charge in [-0.15, -0.1) is 0 Å². The molecule has 5 nitrogen and oxygen atoms in total. The number of rotatable bonds is 2. The maximum atomic E-state index is 11.4. The van der Waals surface area contributed by atoms with Gasteiger partial charge in [0.25, 0.3) is 0 Å². The van der Waals surface area contributed by atoms with Crippen molar-refractivity contribution >= 4 is 15.5 Å². The molecular weight excluding hydrogens is 202 g/mol. The number of sulfone groups is 1. The summed E-state index contributed by atoms with van der Waals surface area (Å²) >= 11 is 0. The molecule has 1 heterocycles. The predicted molar refractivity (Wildman–Crippen MR) is 54.8 cm³/mol. The van der Waals surface area contributed by atoms with Crippen molar-refractivity contribution in [3.63, 3.8) is 0 Å². The van der Waals surface area contributed by atoms with Crippen molar-refractivity contribution in [3.05, 3.63) is 5.69 Å². The molecule has 0 aliphatic carbocycles. The molecule has 2 N–H and O–H groups in total. The number of aromatic nitrogens is 2. The van der Waals surface area contributed by atoms with Gasteiger partial charge in [0.15, 0.2) is 14.9 Å². The minimum atomic E-state index is -3.30. The first kappa shape index (κ1) is 11.0. The molecule has 1 aromatic rings. The zero-order chi connectivity index (χ0) is 11.1. The lowest BCUT2D eigenvalue weighted by Gasteiger charge is -2.01. The number of nitrogen functional groups attached to an aromatic ring is 1. The highest BCUT2D eigenvalue weighted by Gasteiger charge is 2.22. The third kappa shape index (κ3) is 1.75. The van der Waals surface area contributed by atoms with Crippen LogP contribution in [-0.4, -0.2) is 24.5 Å². The van der Waals surface area contributed by atoms with Crippen molar-refractivity contribution in [2.45, 2.75) is 24.8 Å². The first-order valence-corrected chi connectivity index (χ1v) is 6.16. The van der Waals surface area contributed by atoms with Crippen LogP contribution in [0.15, 0.2) is 5.03 Å². The topological polar surface area (TPSA) is 78.0 Å². The minimum Gasteiger partial charge on any atom is -0.395 e. The molecule has 0 unspecified atom stereocenters. The van der Waals surface area contributed by atoms with Crippen LogP contribution in [0.25, 0.3) is 0 Å². The van der Waals surface area contributed by atoms with Crippen molar-refractivity contribution < 1.29 is 8.42 Å². The van der Waals surface area contributed by atoms with Gasteiger partial charge >= 0.3 is 0 Å². The number of nitrogens with zero attached hydrogens (tertiary/aromatic N) is 2. The van der Waals surface area contributed by atoms with Crippen LogP contribution in [0.3, 0.4) is 0 Å². The van der Waals surface area contributed by atoms with Gasteiger partial charge in [-0.05, 0) is 5.92 Å². The Bertz CT molecular complexity index is 445. The van der Waals surface area contributed by atoms with E-state index >= 15 is 0 Å². The SMILES string of the molecule is CC(C)c1nn(C)c(S(C)(=O)=O)c1N. The fraction of sp³-hybridized carbons (Fsp3) is 0.625. The van der Waals surface area contributed by atoms with Crippen LogP contribution in [-0.2, 0) is 16.9 Å². The lowest BCUT2D eigenvalue weighted by atomic mass is 10.1. The van der Waals surface area contributed by atoms with Crippen LogP contribution in [0.4, 0.5) is 5.69 Å². The van der Waals surface area contributed by atoms with E-state index in [9.17, 15) is 8.42 Å². The van der Waals surface area contributed by atoms with Gasteiger partial charge in [0.05, 0.1) is 11.4 Å². The van der Waals surface area contributed by atoms with E-state index in [1.54, 1.807) is 7.05 Å². The van der Waals surface area contributed by atoms with Crippen LogP contribution in [0, 0.1) is 0 Å². The number of nitrogens with two attached hydrogens (primary N) is 1. The first-order valence-electron chi connectivity index (χ1n) is 4.27. The molecule has 80 valence electrons. The third-order valence-corrected chi connectivity index (χ3v) is 3.14. The van der Waals surface area contributed by atoms with E-state index < -0.39 is 9.84 Å². The lowest BCUT2D eigenvalue weighted by Crippen LogP contribution is -2.07. The molecule has 0 atom stereocenters. The van der Waals surface area contributed by atoms with E-state index in [1.165, 1.54) is 4.68 Å². The average Bonchev–Trinajstić information content (AvgIpc) is 2.24. The Morgan fingerprint density at radius 2 is 1.93 bits per heavy atom. The molecule has 14 heavy (non-hydrogen) atoms. The Kier molecular flexibility index (Phi) is 2.58. The zero-order valence-corrected chi connectivity index (χ0v) is 9.59. The van der Waals surface area contributed by atoms with E-state index in [0.717, 1.165) is 6.26 Å². The summed E-state index contributed by atoms with van der Waals surface area (Å²) in [6, 6.07) is 0. The zero-order valence-electron chi connectivity index (χ0n) is 8.77. The minimum absolute atomic E-state index is 0.0983. The maximum absolute atomic E-state index is 11.4. The molecule has 0 fully saturated rings. The van der Waals surface area contributed by atoms with E-state index in [4.69, 9.17) is 5.73 Å². The Labute approximate surface area is 83.8 Å². The van der Waals surface area contributed by atoms with E-state index in [2.05, 4.69) is 5.10 Å². The van der Waals surface area contributed by atoms with Gasteiger partial charge in [-0.3, -0.25) is 4.68 Å². The summed E-state index contributed by atoms with van der Waals surface area (Å²) in [5.41, 5.74) is 6.63. The van der Waals surface area contributed by atoms with Crippen molar-refractivity contribution in [2.24, 2.45) is 7.05 Å². The fourth-order valence-corrected chi connectivity index (χ4v) is 2.44. The molecular formula is C8H15N3O2S. The summed E-state index contributed by atoms with van der Waals surface area (Å²) in [5, 5.41) is 4.19. The highest BCUT2D eigenvalue weighted by Crippen LogP contribution is 2.26. The molecule has 0 amide bonds. The Morgan fingerprint density at radius 1 is 1.43 bits per heavy atom. The van der Waals surface area contributed by atoms with Gasteiger partial charge < -0.3 is 5.73 Å². The normalized spacial score (nSPS) is 12.4. The number of hydrogen-bond acceptors (Lipinski definition) is 4. The van der Waals surface area contributed by atoms with Crippen molar-refractivity contribution in [1.29, 1.82) is 0 Å². The van der Waals surface area contributed by atoms with Crippen LogP contribution in [0.2, 0.25) is 0 Å². The molecule has 0 radical (unpaired) electrons. The molecule has 1 aromatic heterocycles. The highest BCUT2D eigenvalue weighted by molar-refractivity contribution is 7.90. The second-order valence-electron chi connectivity index (χ2n) is 3.65. The number of aryl methyl sites for hydroxylation is 1. The van der Waals surface area contributed by atoms with Crippen LogP contribution < -0.4 is 5.73 Å². The van der Waals surface area contributed by atoms with Gasteiger partial charge in [-0.25, -0.2) is 8.42 Å². The highest BCUT2D eigenvalue weighted by atomic mass is 32.2. The Morgan fingerprint density at radius 3 is 2.14 bits per heavy atom. The van der Waals surface area contributed by atoms with E-state index in [-0.39, 0.29) is 16.6 Å². The Hall–Kier alpha value is -1.04. The summed E-state index contributed by atoms with van der Waals surface area (Å²) in [5.74, 6) is 0.122. The van der Waals surface area contributed by atoms with Gasteiger partial charge in [-0.2, -0.15) is 5.10 Å². The van der Waals surface area contributed by atoms with Gasteiger partial charge in [0, 0.05) is 13.3 Å². The Balaban J connectivity index is 3.48. The molecule has 6 heteroatoms. The van der Waals surface area contributed by atoms with E-state index in [1.807, 2.05) is 13.8 Å².